The second kappa shape index (κ2) is 9.30. The van der Waals surface area contributed by atoms with Gasteiger partial charge in [-0.2, -0.15) is 0 Å². The molecule has 0 aliphatic carbocycles. The Bertz CT molecular complexity index is 722. The van der Waals surface area contributed by atoms with E-state index in [9.17, 15) is 14.7 Å². The molecule has 0 bridgehead atoms. The maximum absolute atomic E-state index is 10.5. The zero-order valence-electron chi connectivity index (χ0n) is 13.6. The SMILES string of the molecule is COc1cc(/C=C/C(=O)O)ccc1O.O=C1O[C@H]([C@@H](O)CO)C(O)=C1O. The number of aliphatic carboxylic acids is 1. The van der Waals surface area contributed by atoms with Crippen molar-refractivity contribution in [1.29, 1.82) is 0 Å². The molecule has 6 N–H and O–H groups in total. The molecule has 0 saturated heterocycles. The number of phenols is 1. The summed E-state index contributed by atoms with van der Waals surface area (Å²) in [5.74, 6) is -3.45. The molecule has 10 nitrogen and oxygen atoms in total. The molecule has 0 radical (unpaired) electrons. The Hall–Kier alpha value is -3.24. The van der Waals surface area contributed by atoms with Crippen molar-refractivity contribution in [2.45, 2.75) is 12.2 Å². The molecule has 2 atom stereocenters. The van der Waals surface area contributed by atoms with Gasteiger partial charge in [-0.1, -0.05) is 6.07 Å². The van der Waals surface area contributed by atoms with E-state index < -0.39 is 42.3 Å². The van der Waals surface area contributed by atoms with Crippen molar-refractivity contribution in [1.82, 2.24) is 0 Å². The molecule has 1 aliphatic heterocycles. The number of carbonyl (C=O) groups is 2. The summed E-state index contributed by atoms with van der Waals surface area (Å²) in [7, 11) is 1.43. The van der Waals surface area contributed by atoms with E-state index >= 15 is 0 Å². The summed E-state index contributed by atoms with van der Waals surface area (Å²) >= 11 is 0. The Kier molecular flexibility index (Phi) is 7.44. The normalized spacial score (nSPS) is 17.5. The largest absolute Gasteiger partial charge is 0.505 e. The van der Waals surface area contributed by atoms with E-state index in [0.717, 1.165) is 6.08 Å². The number of aliphatic hydroxyl groups excluding tert-OH is 4. The lowest BCUT2D eigenvalue weighted by Gasteiger charge is -2.13. The van der Waals surface area contributed by atoms with Crippen molar-refractivity contribution >= 4 is 18.0 Å². The van der Waals surface area contributed by atoms with Crippen molar-refractivity contribution in [2.75, 3.05) is 13.7 Å². The van der Waals surface area contributed by atoms with Gasteiger partial charge in [0.25, 0.3) is 0 Å². The summed E-state index contributed by atoms with van der Waals surface area (Å²) in [5, 5.41) is 52.7. The van der Waals surface area contributed by atoms with Gasteiger partial charge in [0.15, 0.2) is 23.4 Å². The summed E-state index contributed by atoms with van der Waals surface area (Å²) in [6.07, 6.45) is -0.336. The number of cyclic esters (lactones) is 1. The van der Waals surface area contributed by atoms with Gasteiger partial charge in [0.05, 0.1) is 13.7 Å². The molecule has 26 heavy (non-hydrogen) atoms. The molecule has 0 spiro atoms. The molecule has 2 rings (SSSR count). The lowest BCUT2D eigenvalue weighted by atomic mass is 10.2. The third-order valence-electron chi connectivity index (χ3n) is 3.10. The number of hydrogen-bond donors (Lipinski definition) is 6. The molecular weight excluding hydrogens is 352 g/mol. The van der Waals surface area contributed by atoms with Crippen LogP contribution in [0.15, 0.2) is 35.8 Å². The van der Waals surface area contributed by atoms with Crippen molar-refractivity contribution in [3.63, 3.8) is 0 Å². The van der Waals surface area contributed by atoms with Crippen LogP contribution in [0.25, 0.3) is 6.08 Å². The van der Waals surface area contributed by atoms with Gasteiger partial charge in [0.2, 0.25) is 5.76 Å². The molecule has 0 fully saturated rings. The molecular formula is C16H18O10. The van der Waals surface area contributed by atoms with E-state index in [0.29, 0.717) is 11.3 Å². The second-order valence-electron chi connectivity index (χ2n) is 4.91. The fourth-order valence-corrected chi connectivity index (χ4v) is 1.79. The van der Waals surface area contributed by atoms with Crippen molar-refractivity contribution in [2.24, 2.45) is 0 Å². The minimum absolute atomic E-state index is 0.0278. The lowest BCUT2D eigenvalue weighted by molar-refractivity contribution is -0.147. The van der Waals surface area contributed by atoms with Crippen LogP contribution < -0.4 is 4.74 Å². The number of carbonyl (C=O) groups excluding carboxylic acids is 1. The average Bonchev–Trinajstić information content (AvgIpc) is 2.88. The molecule has 0 saturated carbocycles. The Morgan fingerprint density at radius 3 is 2.46 bits per heavy atom. The van der Waals surface area contributed by atoms with E-state index in [2.05, 4.69) is 4.74 Å². The van der Waals surface area contributed by atoms with Crippen LogP contribution in [0.3, 0.4) is 0 Å². The number of ether oxygens (including phenoxy) is 2. The van der Waals surface area contributed by atoms with Gasteiger partial charge in [0, 0.05) is 6.08 Å². The number of methoxy groups -OCH3 is 1. The average molecular weight is 370 g/mol. The van der Waals surface area contributed by atoms with Crippen LogP contribution in [0.4, 0.5) is 0 Å². The first-order valence-corrected chi connectivity index (χ1v) is 7.11. The standard InChI is InChI=1S/C10H10O4.C6H8O6/c1-14-9-6-7(2-4-8(9)11)3-5-10(12)13;7-1-2(8)5-3(9)4(10)6(11)12-5/h2-6,11H,1H3,(H,12,13);2,5,7-10H,1H2/b5-3+;/t;2-,5+/m.0/s1. The fraction of sp³-hybridized carbons (Fsp3) is 0.250. The van der Waals surface area contributed by atoms with Crippen LogP contribution in [0, 0.1) is 0 Å². The van der Waals surface area contributed by atoms with Crippen LogP contribution in [0.1, 0.15) is 5.56 Å². The number of aromatic hydroxyl groups is 1. The van der Waals surface area contributed by atoms with Gasteiger partial charge >= 0.3 is 11.9 Å². The number of benzene rings is 1. The Labute approximate surface area is 147 Å². The van der Waals surface area contributed by atoms with Crippen LogP contribution >= 0.6 is 0 Å². The molecule has 1 aromatic carbocycles. The summed E-state index contributed by atoms with van der Waals surface area (Å²) in [6.45, 7) is -0.671. The molecule has 0 unspecified atom stereocenters. The van der Waals surface area contributed by atoms with Gasteiger partial charge < -0.3 is 40.1 Å². The monoisotopic (exact) mass is 370 g/mol. The first kappa shape index (κ1) is 20.8. The number of aliphatic hydroxyl groups is 4. The van der Waals surface area contributed by atoms with Crippen LogP contribution in [-0.2, 0) is 14.3 Å². The number of carboxylic acids is 1. The maximum Gasteiger partial charge on any atom is 0.377 e. The first-order chi connectivity index (χ1) is 12.2. The Morgan fingerprint density at radius 1 is 1.35 bits per heavy atom. The fourth-order valence-electron chi connectivity index (χ4n) is 1.79. The number of esters is 1. The van der Waals surface area contributed by atoms with Gasteiger partial charge in [0.1, 0.15) is 6.10 Å². The minimum Gasteiger partial charge on any atom is -0.505 e. The predicted molar refractivity (Wildman–Crippen MR) is 86.6 cm³/mol. The van der Waals surface area contributed by atoms with E-state index in [1.807, 2.05) is 0 Å². The van der Waals surface area contributed by atoms with Crippen LogP contribution in [0.2, 0.25) is 0 Å². The summed E-state index contributed by atoms with van der Waals surface area (Å²) in [5.41, 5.74) is 0.655. The van der Waals surface area contributed by atoms with E-state index in [4.69, 9.17) is 30.3 Å². The third-order valence-corrected chi connectivity index (χ3v) is 3.10. The van der Waals surface area contributed by atoms with E-state index in [1.54, 1.807) is 12.1 Å². The zero-order chi connectivity index (χ0) is 19.9. The highest BCUT2D eigenvalue weighted by Crippen LogP contribution is 2.26. The van der Waals surface area contributed by atoms with Crippen molar-refractivity contribution in [3.8, 4) is 11.5 Å². The molecule has 142 valence electrons. The smallest absolute Gasteiger partial charge is 0.377 e. The third kappa shape index (κ3) is 5.40. The van der Waals surface area contributed by atoms with Gasteiger partial charge in [-0.15, -0.1) is 0 Å². The van der Waals surface area contributed by atoms with E-state index in [1.165, 1.54) is 19.3 Å². The van der Waals surface area contributed by atoms with Crippen molar-refractivity contribution in [3.05, 3.63) is 41.4 Å². The maximum atomic E-state index is 10.5. The summed E-state index contributed by atoms with van der Waals surface area (Å²) in [6, 6.07) is 4.59. The highest BCUT2D eigenvalue weighted by Gasteiger charge is 2.38. The van der Waals surface area contributed by atoms with Gasteiger partial charge in [-0.05, 0) is 23.8 Å². The minimum atomic E-state index is -1.42. The number of carboxylic acid groups (broad SMARTS) is 1. The molecule has 1 aliphatic rings. The highest BCUT2D eigenvalue weighted by atomic mass is 16.6. The number of phenolic OH excluding ortho intramolecular Hbond substituents is 1. The molecule has 0 amide bonds. The molecule has 1 aromatic rings. The topological polar surface area (TPSA) is 174 Å². The summed E-state index contributed by atoms with van der Waals surface area (Å²) in [4.78, 5) is 20.8. The van der Waals surface area contributed by atoms with Crippen LogP contribution in [0.5, 0.6) is 11.5 Å². The number of hydrogen-bond acceptors (Lipinski definition) is 9. The van der Waals surface area contributed by atoms with Gasteiger partial charge in [-0.3, -0.25) is 0 Å². The van der Waals surface area contributed by atoms with E-state index in [-0.39, 0.29) is 5.75 Å². The lowest BCUT2D eigenvalue weighted by Crippen LogP contribution is -2.31. The number of rotatable bonds is 5. The first-order valence-electron chi connectivity index (χ1n) is 7.11. The molecule has 1 heterocycles. The zero-order valence-corrected chi connectivity index (χ0v) is 13.6. The van der Waals surface area contributed by atoms with Gasteiger partial charge in [-0.25, -0.2) is 9.59 Å². The quantitative estimate of drug-likeness (QED) is 0.308. The summed E-state index contributed by atoms with van der Waals surface area (Å²) < 4.78 is 9.18. The second-order valence-corrected chi connectivity index (χ2v) is 4.91. The highest BCUT2D eigenvalue weighted by molar-refractivity contribution is 5.89. The van der Waals surface area contributed by atoms with Crippen molar-refractivity contribution < 1.29 is 49.7 Å². The van der Waals surface area contributed by atoms with Crippen LogP contribution in [-0.4, -0.2) is 68.5 Å². The Balaban J connectivity index is 0.000000263. The molecule has 0 aromatic heterocycles. The molecule has 10 heteroatoms. The Morgan fingerprint density at radius 2 is 2.00 bits per heavy atom. The predicted octanol–water partition coefficient (Wildman–Crippen LogP) is 0.0912.